The second-order valence-corrected chi connectivity index (χ2v) is 8.50. The highest BCUT2D eigenvalue weighted by molar-refractivity contribution is 5.60. The van der Waals surface area contributed by atoms with Crippen molar-refractivity contribution in [1.29, 1.82) is 0 Å². The average Bonchev–Trinajstić information content (AvgIpc) is 3.45. The summed E-state index contributed by atoms with van der Waals surface area (Å²) < 4.78 is 54.7. The van der Waals surface area contributed by atoms with E-state index in [1.165, 1.54) is 12.1 Å². The molecule has 2 saturated heterocycles. The Kier molecular flexibility index (Phi) is 5.51. The predicted molar refractivity (Wildman–Crippen MR) is 113 cm³/mol. The van der Waals surface area contributed by atoms with Crippen LogP contribution in [0, 0.1) is 0 Å². The second kappa shape index (κ2) is 8.33. The number of hydrogen-bond acceptors (Lipinski definition) is 5. The Balaban J connectivity index is 1.47. The quantitative estimate of drug-likeness (QED) is 0.698. The van der Waals surface area contributed by atoms with E-state index in [0.717, 1.165) is 36.2 Å². The first kappa shape index (κ1) is 21.2. The molecule has 5 nitrogen and oxygen atoms in total. The third-order valence-corrected chi connectivity index (χ3v) is 6.48. The molecule has 0 aliphatic carbocycles. The highest BCUT2D eigenvalue weighted by Crippen LogP contribution is 2.50. The molecule has 2 aromatic carbocycles. The fourth-order valence-electron chi connectivity index (χ4n) is 5.16. The van der Waals surface area contributed by atoms with Gasteiger partial charge in [-0.3, -0.25) is 0 Å². The molecule has 0 bridgehead atoms. The van der Waals surface area contributed by atoms with E-state index in [2.05, 4.69) is 22.2 Å². The van der Waals surface area contributed by atoms with E-state index >= 15 is 0 Å². The number of benzene rings is 2. The zero-order chi connectivity index (χ0) is 22.2. The van der Waals surface area contributed by atoms with E-state index in [4.69, 9.17) is 9.47 Å². The van der Waals surface area contributed by atoms with Crippen LogP contribution in [-0.2, 0) is 9.47 Å². The molecule has 3 atom stereocenters. The zero-order valence-corrected chi connectivity index (χ0v) is 17.5. The van der Waals surface area contributed by atoms with Gasteiger partial charge in [-0.05, 0) is 55.1 Å². The topological polar surface area (TPSA) is 43.0 Å². The van der Waals surface area contributed by atoms with Gasteiger partial charge in [0.25, 0.3) is 0 Å². The van der Waals surface area contributed by atoms with E-state index in [-0.39, 0.29) is 17.7 Å². The maximum absolute atomic E-state index is 12.9. The van der Waals surface area contributed by atoms with Crippen LogP contribution in [0.4, 0.5) is 18.9 Å². The van der Waals surface area contributed by atoms with E-state index in [1.54, 1.807) is 18.5 Å². The summed E-state index contributed by atoms with van der Waals surface area (Å²) in [7, 11) is 0. The number of piperidine rings is 1. The predicted octanol–water partition coefficient (Wildman–Crippen LogP) is 5.22. The molecule has 0 aromatic heterocycles. The normalized spacial score (nSPS) is 27.7. The lowest BCUT2D eigenvalue weighted by Crippen LogP contribution is -2.48. The molecule has 8 heteroatoms. The van der Waals surface area contributed by atoms with Gasteiger partial charge in [0.2, 0.25) is 0 Å². The number of ether oxygens (including phenoxy) is 3. The molecule has 2 fully saturated rings. The minimum Gasteiger partial charge on any atom is -0.479 e. The summed E-state index contributed by atoms with van der Waals surface area (Å²) in [6.07, 6.45) is 1.21. The van der Waals surface area contributed by atoms with Gasteiger partial charge >= 0.3 is 6.36 Å². The fraction of sp³-hybridized carbons (Fsp3) is 0.417. The summed E-state index contributed by atoms with van der Waals surface area (Å²) in [5.74, 6) is -0.287. The van der Waals surface area contributed by atoms with Crippen LogP contribution in [0.3, 0.4) is 0 Å². The highest BCUT2D eigenvalue weighted by Gasteiger charge is 2.49. The summed E-state index contributed by atoms with van der Waals surface area (Å²) in [5, 5.41) is 3.61. The Morgan fingerprint density at radius 3 is 2.72 bits per heavy atom. The van der Waals surface area contributed by atoms with Crippen molar-refractivity contribution in [3.8, 4) is 5.75 Å². The van der Waals surface area contributed by atoms with Crippen LogP contribution in [0.15, 0.2) is 61.0 Å². The zero-order valence-electron chi connectivity index (χ0n) is 17.5. The Labute approximate surface area is 184 Å². The van der Waals surface area contributed by atoms with Gasteiger partial charge in [0, 0.05) is 17.8 Å². The summed E-state index contributed by atoms with van der Waals surface area (Å²) in [5.41, 5.74) is 2.34. The van der Waals surface area contributed by atoms with Gasteiger partial charge in [0.1, 0.15) is 12.0 Å². The van der Waals surface area contributed by atoms with E-state index in [0.29, 0.717) is 19.8 Å². The number of nitrogens with zero attached hydrogens (tertiary/aromatic N) is 1. The van der Waals surface area contributed by atoms with Crippen molar-refractivity contribution in [2.75, 3.05) is 24.8 Å². The first-order chi connectivity index (χ1) is 15.4. The molecule has 3 aliphatic rings. The van der Waals surface area contributed by atoms with Gasteiger partial charge < -0.3 is 24.4 Å². The third-order valence-electron chi connectivity index (χ3n) is 6.48. The van der Waals surface area contributed by atoms with Crippen molar-refractivity contribution in [3.05, 3.63) is 72.1 Å². The van der Waals surface area contributed by atoms with E-state index < -0.39 is 12.0 Å². The lowest BCUT2D eigenvalue weighted by atomic mass is 9.76. The van der Waals surface area contributed by atoms with Crippen molar-refractivity contribution in [2.24, 2.45) is 0 Å². The van der Waals surface area contributed by atoms with Crippen LogP contribution in [0.1, 0.15) is 42.3 Å². The molecule has 2 aromatic rings. The maximum Gasteiger partial charge on any atom is 0.573 e. The molecule has 1 N–H and O–H groups in total. The first-order valence-electron chi connectivity index (χ1n) is 10.8. The largest absolute Gasteiger partial charge is 0.573 e. The number of halogens is 3. The molecule has 170 valence electrons. The SMILES string of the molecule is FC(F)(F)Oc1ccc(N2C=COC2)c([C@@H]2COC3(CCCNC3c3ccccc3)C2)c1. The van der Waals surface area contributed by atoms with Crippen LogP contribution in [0.2, 0.25) is 0 Å². The van der Waals surface area contributed by atoms with Crippen LogP contribution in [-0.4, -0.2) is 31.8 Å². The molecule has 0 radical (unpaired) electrons. The molecular formula is C24H25F3N2O3. The van der Waals surface area contributed by atoms with Gasteiger partial charge in [-0.25, -0.2) is 0 Å². The van der Waals surface area contributed by atoms with E-state index in [1.807, 2.05) is 23.1 Å². The molecular weight excluding hydrogens is 421 g/mol. The van der Waals surface area contributed by atoms with Gasteiger partial charge in [-0.2, -0.15) is 0 Å². The van der Waals surface area contributed by atoms with Gasteiger partial charge in [0.15, 0.2) is 6.73 Å². The third kappa shape index (κ3) is 4.17. The Morgan fingerprint density at radius 2 is 1.97 bits per heavy atom. The summed E-state index contributed by atoms with van der Waals surface area (Å²) in [6, 6.07) is 14.7. The van der Waals surface area contributed by atoms with Crippen molar-refractivity contribution in [1.82, 2.24) is 5.32 Å². The van der Waals surface area contributed by atoms with Crippen molar-refractivity contribution in [2.45, 2.75) is 43.2 Å². The molecule has 0 saturated carbocycles. The molecule has 1 spiro atoms. The standard InChI is InChI=1S/C24H25F3N2O3/c25-24(26,27)32-19-7-8-21(29-11-12-30-16-29)20(13-19)18-14-23(31-15-18)9-4-10-28-22(23)17-5-2-1-3-6-17/h1-3,5-8,11-13,18,22,28H,4,9-10,14-16H2/t18-,22?,23?/m0/s1. The van der Waals surface area contributed by atoms with Gasteiger partial charge in [-0.15, -0.1) is 13.2 Å². The minimum atomic E-state index is -4.74. The van der Waals surface area contributed by atoms with Crippen LogP contribution < -0.4 is 15.0 Å². The maximum atomic E-state index is 12.9. The lowest BCUT2D eigenvalue weighted by Gasteiger charge is -2.41. The van der Waals surface area contributed by atoms with Crippen LogP contribution >= 0.6 is 0 Å². The van der Waals surface area contributed by atoms with Crippen molar-refractivity contribution in [3.63, 3.8) is 0 Å². The Bertz CT molecular complexity index is 982. The molecule has 2 unspecified atom stereocenters. The van der Waals surface area contributed by atoms with Crippen LogP contribution in [0.5, 0.6) is 5.75 Å². The number of hydrogen-bond donors (Lipinski definition) is 1. The van der Waals surface area contributed by atoms with Gasteiger partial charge in [0.05, 0.1) is 18.2 Å². The number of rotatable bonds is 4. The first-order valence-corrected chi connectivity index (χ1v) is 10.8. The summed E-state index contributed by atoms with van der Waals surface area (Å²) >= 11 is 0. The summed E-state index contributed by atoms with van der Waals surface area (Å²) in [4.78, 5) is 1.88. The smallest absolute Gasteiger partial charge is 0.479 e. The van der Waals surface area contributed by atoms with Gasteiger partial charge in [-0.1, -0.05) is 30.3 Å². The molecule has 0 amide bonds. The molecule has 3 heterocycles. The fourth-order valence-corrected chi connectivity index (χ4v) is 5.16. The Morgan fingerprint density at radius 1 is 1.12 bits per heavy atom. The number of nitrogens with one attached hydrogen (secondary N) is 1. The van der Waals surface area contributed by atoms with E-state index in [9.17, 15) is 13.2 Å². The lowest BCUT2D eigenvalue weighted by molar-refractivity contribution is -0.274. The monoisotopic (exact) mass is 446 g/mol. The van der Waals surface area contributed by atoms with Crippen LogP contribution in [0.25, 0.3) is 0 Å². The highest BCUT2D eigenvalue weighted by atomic mass is 19.4. The number of anilines is 1. The second-order valence-electron chi connectivity index (χ2n) is 8.50. The molecule has 3 aliphatic heterocycles. The average molecular weight is 446 g/mol. The number of alkyl halides is 3. The minimum absolute atomic E-state index is 0.0375. The van der Waals surface area contributed by atoms with Crippen molar-refractivity contribution < 1.29 is 27.4 Å². The Hall–Kier alpha value is -2.71. The summed E-state index contributed by atoms with van der Waals surface area (Å²) in [6.45, 7) is 1.66. The molecule has 32 heavy (non-hydrogen) atoms. The van der Waals surface area contributed by atoms with Crippen molar-refractivity contribution >= 4 is 5.69 Å². The molecule has 5 rings (SSSR count).